The maximum Gasteiger partial charge on any atom is 0.433 e. The zero-order valence-electron chi connectivity index (χ0n) is 16.5. The summed E-state index contributed by atoms with van der Waals surface area (Å²) in [7, 11) is 0. The number of carbonyl (C=O) groups excluding carboxylic acids is 1. The molecule has 1 aromatic carbocycles. The lowest BCUT2D eigenvalue weighted by Crippen LogP contribution is -2.37. The number of fused-ring (bicyclic) bond motifs is 1. The number of nitrogens with two attached hydrogens (primary N) is 1. The summed E-state index contributed by atoms with van der Waals surface area (Å²) in [5.41, 5.74) is 6.62. The molecule has 8 nitrogen and oxygen atoms in total. The summed E-state index contributed by atoms with van der Waals surface area (Å²) in [5, 5.41) is 0. The van der Waals surface area contributed by atoms with Crippen LogP contribution in [-0.4, -0.2) is 63.6 Å². The monoisotopic (exact) mass is 434 g/mol. The van der Waals surface area contributed by atoms with Gasteiger partial charge >= 0.3 is 6.18 Å². The van der Waals surface area contributed by atoms with E-state index in [1.54, 1.807) is 6.07 Å². The van der Waals surface area contributed by atoms with Crippen molar-refractivity contribution >= 4 is 16.9 Å². The highest BCUT2D eigenvalue weighted by Gasteiger charge is 2.35. The van der Waals surface area contributed by atoms with Crippen LogP contribution in [0.15, 0.2) is 30.5 Å². The fourth-order valence-electron chi connectivity index (χ4n) is 3.54. The van der Waals surface area contributed by atoms with Gasteiger partial charge in [-0.25, -0.2) is 15.0 Å². The molecule has 4 rings (SSSR count). The van der Waals surface area contributed by atoms with Crippen molar-refractivity contribution in [1.29, 1.82) is 0 Å². The third-order valence-corrected chi connectivity index (χ3v) is 5.17. The molecule has 0 aliphatic carbocycles. The molecule has 1 unspecified atom stereocenters. The lowest BCUT2D eigenvalue weighted by molar-refractivity contribution is -0.141. The van der Waals surface area contributed by atoms with Crippen molar-refractivity contribution in [3.05, 3.63) is 53.4 Å². The predicted molar refractivity (Wildman–Crippen MR) is 105 cm³/mol. The first-order chi connectivity index (χ1) is 14.8. The van der Waals surface area contributed by atoms with Crippen molar-refractivity contribution in [2.75, 3.05) is 32.8 Å². The Morgan fingerprint density at radius 1 is 1.23 bits per heavy atom. The summed E-state index contributed by atoms with van der Waals surface area (Å²) >= 11 is 0. The minimum atomic E-state index is -4.66. The fraction of sp³-hybridized carbons (Fsp3) is 0.400. The lowest BCUT2D eigenvalue weighted by Gasteiger charge is -2.26. The predicted octanol–water partition coefficient (Wildman–Crippen LogP) is 1.86. The van der Waals surface area contributed by atoms with Crippen molar-refractivity contribution in [2.24, 2.45) is 5.73 Å². The Bertz CT molecular complexity index is 1080. The highest BCUT2D eigenvalue weighted by molar-refractivity contribution is 5.85. The second kappa shape index (κ2) is 8.60. The highest BCUT2D eigenvalue weighted by Crippen LogP contribution is 2.29. The maximum absolute atomic E-state index is 13.0. The number of nitrogens with one attached hydrogen (secondary N) is 1. The second-order valence-electron chi connectivity index (χ2n) is 7.31. The number of rotatable bonds is 6. The van der Waals surface area contributed by atoms with Crippen LogP contribution < -0.4 is 5.73 Å². The van der Waals surface area contributed by atoms with Gasteiger partial charge < -0.3 is 15.5 Å². The number of H-pyrrole nitrogens is 1. The first-order valence-corrected chi connectivity index (χ1v) is 9.79. The Balaban J connectivity index is 1.59. The quantitative estimate of drug-likeness (QED) is 0.613. The van der Waals surface area contributed by atoms with Gasteiger partial charge in [-0.15, -0.1) is 0 Å². The zero-order valence-corrected chi connectivity index (χ0v) is 16.5. The van der Waals surface area contributed by atoms with E-state index in [9.17, 15) is 18.0 Å². The third kappa shape index (κ3) is 4.83. The van der Waals surface area contributed by atoms with Gasteiger partial charge in [0, 0.05) is 25.8 Å². The molecule has 1 aliphatic heterocycles. The van der Waals surface area contributed by atoms with Gasteiger partial charge in [0.25, 0.3) is 0 Å². The number of benzene rings is 1. The van der Waals surface area contributed by atoms with Crippen LogP contribution in [0.3, 0.4) is 0 Å². The Morgan fingerprint density at radius 3 is 2.71 bits per heavy atom. The average Bonchev–Trinajstić information content (AvgIpc) is 3.15. The molecule has 0 saturated carbocycles. The Morgan fingerprint density at radius 2 is 2.00 bits per heavy atom. The van der Waals surface area contributed by atoms with E-state index in [1.807, 2.05) is 12.1 Å². The number of morpholine rings is 1. The molecule has 1 atom stereocenters. The van der Waals surface area contributed by atoms with E-state index in [1.165, 1.54) is 0 Å². The minimum absolute atomic E-state index is 0.104. The van der Waals surface area contributed by atoms with E-state index >= 15 is 0 Å². The summed E-state index contributed by atoms with van der Waals surface area (Å²) in [4.78, 5) is 29.1. The largest absolute Gasteiger partial charge is 0.433 e. The number of amides is 1. The molecule has 0 bridgehead atoms. The van der Waals surface area contributed by atoms with E-state index in [0.717, 1.165) is 57.1 Å². The van der Waals surface area contributed by atoms with Crippen LogP contribution in [-0.2, 0) is 22.1 Å². The summed E-state index contributed by atoms with van der Waals surface area (Å²) in [6.07, 6.45) is -2.89. The number of imidazole rings is 1. The van der Waals surface area contributed by atoms with Crippen LogP contribution in [0.25, 0.3) is 11.0 Å². The highest BCUT2D eigenvalue weighted by atomic mass is 19.4. The lowest BCUT2D eigenvalue weighted by atomic mass is 10.1. The molecule has 1 aliphatic rings. The average molecular weight is 434 g/mol. The number of hydrogen-bond donors (Lipinski definition) is 2. The Labute approximate surface area is 175 Å². The number of aromatic amines is 1. The van der Waals surface area contributed by atoms with Crippen molar-refractivity contribution in [3.63, 3.8) is 0 Å². The van der Waals surface area contributed by atoms with Crippen LogP contribution in [0.1, 0.15) is 28.8 Å². The molecule has 3 N–H and O–H groups in total. The van der Waals surface area contributed by atoms with Crippen LogP contribution in [0.4, 0.5) is 13.2 Å². The molecular weight excluding hydrogens is 413 g/mol. The van der Waals surface area contributed by atoms with Crippen molar-refractivity contribution in [2.45, 2.75) is 18.5 Å². The van der Waals surface area contributed by atoms with E-state index in [4.69, 9.17) is 10.5 Å². The molecule has 3 heterocycles. The first-order valence-electron chi connectivity index (χ1n) is 9.79. The van der Waals surface area contributed by atoms with Gasteiger partial charge in [0.2, 0.25) is 5.91 Å². The first kappa shape index (κ1) is 21.2. The zero-order chi connectivity index (χ0) is 22.0. The van der Waals surface area contributed by atoms with Crippen molar-refractivity contribution in [3.8, 4) is 0 Å². The van der Waals surface area contributed by atoms with Gasteiger partial charge in [-0.1, -0.05) is 6.07 Å². The van der Waals surface area contributed by atoms with Gasteiger partial charge in [0.1, 0.15) is 17.3 Å². The van der Waals surface area contributed by atoms with Crippen LogP contribution in [0.2, 0.25) is 0 Å². The van der Waals surface area contributed by atoms with E-state index < -0.39 is 23.7 Å². The maximum atomic E-state index is 13.0. The topological polar surface area (TPSA) is 110 Å². The number of aromatic nitrogens is 4. The minimum Gasteiger partial charge on any atom is -0.379 e. The Kier molecular flexibility index (Phi) is 5.88. The second-order valence-corrected chi connectivity index (χ2v) is 7.31. The number of carbonyl (C=O) groups is 1. The molecule has 0 radical (unpaired) electrons. The molecule has 0 spiro atoms. The van der Waals surface area contributed by atoms with Gasteiger partial charge in [0.15, 0.2) is 5.92 Å². The number of alkyl halides is 3. The summed E-state index contributed by atoms with van der Waals surface area (Å²) in [6.45, 7) is 4.14. The van der Waals surface area contributed by atoms with Crippen LogP contribution in [0, 0.1) is 0 Å². The molecule has 31 heavy (non-hydrogen) atoms. The number of primary amides is 1. The number of nitrogens with zero attached hydrogens (tertiary/aromatic N) is 4. The van der Waals surface area contributed by atoms with Crippen molar-refractivity contribution < 1.29 is 22.7 Å². The van der Waals surface area contributed by atoms with E-state index in [-0.39, 0.29) is 11.6 Å². The molecule has 3 aromatic rings. The molecule has 1 saturated heterocycles. The van der Waals surface area contributed by atoms with Crippen molar-refractivity contribution in [1.82, 2.24) is 24.8 Å². The number of hydrogen-bond acceptors (Lipinski definition) is 6. The summed E-state index contributed by atoms with van der Waals surface area (Å²) in [5.74, 6) is -2.47. The number of ether oxygens (including phenoxy) is 1. The SMILES string of the molecule is NC(=O)C(c1nccc(C(F)(F)F)n1)c1nc2ccc(CCN3CCOCC3)cc2[nH]1. The van der Waals surface area contributed by atoms with Crippen LogP contribution in [0.5, 0.6) is 0 Å². The summed E-state index contributed by atoms with van der Waals surface area (Å²) in [6, 6.07) is 6.39. The fourth-order valence-corrected chi connectivity index (χ4v) is 3.54. The molecule has 1 amide bonds. The summed E-state index contributed by atoms with van der Waals surface area (Å²) < 4.78 is 44.4. The van der Waals surface area contributed by atoms with Gasteiger partial charge in [-0.05, 0) is 30.2 Å². The molecule has 2 aromatic heterocycles. The smallest absolute Gasteiger partial charge is 0.379 e. The molecule has 1 fully saturated rings. The van der Waals surface area contributed by atoms with Gasteiger partial charge in [-0.2, -0.15) is 13.2 Å². The van der Waals surface area contributed by atoms with Gasteiger partial charge in [0.05, 0.1) is 24.2 Å². The normalized spacial score (nSPS) is 16.5. The number of halogens is 3. The van der Waals surface area contributed by atoms with E-state index in [0.29, 0.717) is 11.0 Å². The molecule has 11 heteroatoms. The van der Waals surface area contributed by atoms with Gasteiger partial charge in [-0.3, -0.25) is 9.69 Å². The van der Waals surface area contributed by atoms with Crippen LogP contribution >= 0.6 is 0 Å². The standard InChI is InChI=1S/C20H21F3N6O2/c21-20(22,23)15-3-5-25-18(28-15)16(17(24)30)19-26-13-2-1-12(11-14(13)27-19)4-6-29-7-9-31-10-8-29/h1-3,5,11,16H,4,6-10H2,(H2,24,30)(H,26,27). The molecular formula is C20H21F3N6O2. The Hall–Kier alpha value is -3.05. The molecule has 164 valence electrons. The third-order valence-electron chi connectivity index (χ3n) is 5.17. The van der Waals surface area contributed by atoms with E-state index in [2.05, 4.69) is 24.8 Å².